The largest absolute Gasteiger partial charge is 0.507 e. The number of ketones is 1. The van der Waals surface area contributed by atoms with Crippen molar-refractivity contribution in [2.45, 2.75) is 12.5 Å². The van der Waals surface area contributed by atoms with E-state index in [2.05, 4.69) is 6.58 Å². The highest BCUT2D eigenvalue weighted by Gasteiger charge is 2.45. The summed E-state index contributed by atoms with van der Waals surface area (Å²) in [5, 5.41) is 11.5. The summed E-state index contributed by atoms with van der Waals surface area (Å²) in [5.74, 6) is -0.968. The lowest BCUT2D eigenvalue weighted by molar-refractivity contribution is -0.140. The summed E-state index contributed by atoms with van der Waals surface area (Å²) in [6.07, 6.45) is 2.20. The molecule has 31 heavy (non-hydrogen) atoms. The molecule has 1 heterocycles. The molecule has 1 fully saturated rings. The van der Waals surface area contributed by atoms with E-state index in [-0.39, 0.29) is 11.3 Å². The number of methoxy groups -OCH3 is 1. The lowest BCUT2D eigenvalue weighted by Crippen LogP contribution is -2.31. The Labute approximate surface area is 186 Å². The average molecular weight is 442 g/mol. The number of aliphatic hydroxyl groups is 1. The molecule has 162 valence electrons. The Bertz CT molecular complexity index is 982. The summed E-state index contributed by atoms with van der Waals surface area (Å²) < 4.78 is 10.6. The van der Waals surface area contributed by atoms with E-state index in [1.807, 2.05) is 0 Å². The van der Waals surface area contributed by atoms with Gasteiger partial charge in [-0.1, -0.05) is 36.4 Å². The van der Waals surface area contributed by atoms with Gasteiger partial charge in [0.05, 0.1) is 11.6 Å². The molecule has 0 radical (unpaired) electrons. The van der Waals surface area contributed by atoms with Crippen LogP contribution in [0.4, 0.5) is 0 Å². The van der Waals surface area contributed by atoms with Gasteiger partial charge in [0.1, 0.15) is 18.1 Å². The van der Waals surface area contributed by atoms with Gasteiger partial charge >= 0.3 is 0 Å². The highest BCUT2D eigenvalue weighted by molar-refractivity contribution is 6.46. The molecule has 2 aromatic carbocycles. The van der Waals surface area contributed by atoms with Crippen molar-refractivity contribution in [3.05, 3.63) is 82.9 Å². The molecule has 6 nitrogen and oxygen atoms in total. The Kier molecular flexibility index (Phi) is 7.50. The molecule has 3 rings (SSSR count). The molecule has 1 N–H and O–H groups in total. The van der Waals surface area contributed by atoms with Gasteiger partial charge in [-0.25, -0.2) is 0 Å². The van der Waals surface area contributed by atoms with Gasteiger partial charge in [0, 0.05) is 30.8 Å². The SMILES string of the molecule is C=CCOc1ccc([C@H]2/C(=C(\O)c3ccc(Cl)cc3)C(=O)C(=O)N2CCCOC)cc1. The summed E-state index contributed by atoms with van der Waals surface area (Å²) in [4.78, 5) is 27.2. The number of aliphatic hydroxyl groups excluding tert-OH is 1. The van der Waals surface area contributed by atoms with Crippen molar-refractivity contribution >= 4 is 29.1 Å². The number of carbonyl (C=O) groups is 2. The van der Waals surface area contributed by atoms with Gasteiger partial charge < -0.3 is 19.5 Å². The van der Waals surface area contributed by atoms with Crippen LogP contribution >= 0.6 is 11.6 Å². The number of hydrogen-bond donors (Lipinski definition) is 1. The van der Waals surface area contributed by atoms with E-state index >= 15 is 0 Å². The van der Waals surface area contributed by atoms with Crippen molar-refractivity contribution in [3.8, 4) is 5.75 Å². The monoisotopic (exact) mass is 441 g/mol. The van der Waals surface area contributed by atoms with Crippen LogP contribution in [0.1, 0.15) is 23.6 Å². The molecule has 0 bridgehead atoms. The fourth-order valence-electron chi connectivity index (χ4n) is 3.50. The summed E-state index contributed by atoms with van der Waals surface area (Å²) in [7, 11) is 1.58. The predicted octanol–water partition coefficient (Wildman–Crippen LogP) is 4.36. The van der Waals surface area contributed by atoms with Crippen molar-refractivity contribution in [3.63, 3.8) is 0 Å². The topological polar surface area (TPSA) is 76.1 Å². The van der Waals surface area contributed by atoms with E-state index in [1.54, 1.807) is 61.7 Å². The summed E-state index contributed by atoms with van der Waals surface area (Å²) in [6, 6.07) is 12.8. The van der Waals surface area contributed by atoms with Crippen LogP contribution in [0.25, 0.3) is 5.76 Å². The predicted molar refractivity (Wildman–Crippen MR) is 119 cm³/mol. The summed E-state index contributed by atoms with van der Waals surface area (Å²) in [5.41, 5.74) is 1.15. The van der Waals surface area contributed by atoms with Crippen LogP contribution < -0.4 is 4.74 Å². The number of carbonyl (C=O) groups excluding carboxylic acids is 2. The van der Waals surface area contributed by atoms with Crippen LogP contribution in [0.3, 0.4) is 0 Å². The van der Waals surface area contributed by atoms with E-state index in [9.17, 15) is 14.7 Å². The van der Waals surface area contributed by atoms with E-state index < -0.39 is 17.7 Å². The van der Waals surface area contributed by atoms with Gasteiger partial charge in [0.25, 0.3) is 11.7 Å². The Morgan fingerprint density at radius 3 is 2.45 bits per heavy atom. The third-order valence-corrected chi connectivity index (χ3v) is 5.22. The van der Waals surface area contributed by atoms with Gasteiger partial charge in [-0.15, -0.1) is 0 Å². The molecule has 0 unspecified atom stereocenters. The zero-order chi connectivity index (χ0) is 22.4. The number of halogens is 1. The first-order chi connectivity index (χ1) is 15.0. The standard InChI is InChI=1S/C24H24ClNO5/c1-3-14-31-19-11-7-16(8-12-19)21-20(22(27)17-5-9-18(25)10-6-17)23(28)24(29)26(21)13-4-15-30-2/h3,5-12,21,27H,1,4,13-15H2,2H3/b22-20+/t21-/m0/s1. The van der Waals surface area contributed by atoms with E-state index in [1.165, 1.54) is 4.90 Å². The second-order valence-electron chi connectivity index (χ2n) is 7.01. The summed E-state index contributed by atoms with van der Waals surface area (Å²) >= 11 is 5.94. The minimum absolute atomic E-state index is 0.0458. The van der Waals surface area contributed by atoms with E-state index in [0.29, 0.717) is 48.1 Å². The number of likely N-dealkylation sites (tertiary alicyclic amines) is 1. The van der Waals surface area contributed by atoms with E-state index in [0.717, 1.165) is 0 Å². The fraction of sp³-hybridized carbons (Fsp3) is 0.250. The molecule has 0 spiro atoms. The van der Waals surface area contributed by atoms with Crippen LogP contribution in [0.15, 0.2) is 66.8 Å². The Morgan fingerprint density at radius 1 is 1.16 bits per heavy atom. The molecule has 1 aliphatic rings. The van der Waals surface area contributed by atoms with Crippen LogP contribution in [0, 0.1) is 0 Å². The van der Waals surface area contributed by atoms with Crippen molar-refractivity contribution in [1.82, 2.24) is 4.90 Å². The van der Waals surface area contributed by atoms with Crippen LogP contribution in [0.5, 0.6) is 5.75 Å². The first kappa shape index (κ1) is 22.6. The quantitative estimate of drug-likeness (QED) is 0.206. The van der Waals surface area contributed by atoms with Gasteiger partial charge in [-0.3, -0.25) is 9.59 Å². The first-order valence-electron chi connectivity index (χ1n) is 9.85. The van der Waals surface area contributed by atoms with Crippen molar-refractivity contribution in [2.75, 3.05) is 26.9 Å². The molecular weight excluding hydrogens is 418 g/mol. The number of amides is 1. The minimum atomic E-state index is -0.721. The van der Waals surface area contributed by atoms with Gasteiger partial charge in [0.2, 0.25) is 0 Å². The maximum atomic E-state index is 12.9. The Morgan fingerprint density at radius 2 is 1.84 bits per heavy atom. The second-order valence-corrected chi connectivity index (χ2v) is 7.45. The third-order valence-electron chi connectivity index (χ3n) is 4.97. The van der Waals surface area contributed by atoms with Gasteiger partial charge in [-0.05, 0) is 48.4 Å². The van der Waals surface area contributed by atoms with Crippen molar-refractivity contribution in [2.24, 2.45) is 0 Å². The van der Waals surface area contributed by atoms with Crippen molar-refractivity contribution < 1.29 is 24.2 Å². The summed E-state index contributed by atoms with van der Waals surface area (Å²) in [6.45, 7) is 4.75. The zero-order valence-electron chi connectivity index (χ0n) is 17.2. The van der Waals surface area contributed by atoms with Crippen LogP contribution in [-0.4, -0.2) is 48.6 Å². The molecule has 1 aliphatic heterocycles. The molecule has 0 aromatic heterocycles. The number of hydrogen-bond acceptors (Lipinski definition) is 5. The number of Topliss-reactive ketones (excluding diaryl/α,β-unsaturated/α-hetero) is 1. The molecular formula is C24H24ClNO5. The maximum Gasteiger partial charge on any atom is 0.295 e. The molecule has 7 heteroatoms. The Hall–Kier alpha value is -3.09. The van der Waals surface area contributed by atoms with Crippen LogP contribution in [-0.2, 0) is 14.3 Å². The lowest BCUT2D eigenvalue weighted by atomic mass is 9.95. The fourth-order valence-corrected chi connectivity index (χ4v) is 3.63. The molecule has 1 saturated heterocycles. The van der Waals surface area contributed by atoms with Crippen LogP contribution in [0.2, 0.25) is 5.02 Å². The van der Waals surface area contributed by atoms with Gasteiger partial charge in [-0.2, -0.15) is 0 Å². The smallest absolute Gasteiger partial charge is 0.295 e. The molecule has 1 amide bonds. The zero-order valence-corrected chi connectivity index (χ0v) is 18.0. The maximum absolute atomic E-state index is 12.9. The number of nitrogens with zero attached hydrogens (tertiary/aromatic N) is 1. The third kappa shape index (κ3) is 4.98. The normalized spacial score (nSPS) is 17.7. The number of ether oxygens (including phenoxy) is 2. The van der Waals surface area contributed by atoms with E-state index in [4.69, 9.17) is 21.1 Å². The first-order valence-corrected chi connectivity index (χ1v) is 10.2. The second kappa shape index (κ2) is 10.3. The molecule has 0 saturated carbocycles. The van der Waals surface area contributed by atoms with Gasteiger partial charge in [0.15, 0.2) is 0 Å². The average Bonchev–Trinajstić information content (AvgIpc) is 3.03. The lowest BCUT2D eigenvalue weighted by Gasteiger charge is -2.25. The van der Waals surface area contributed by atoms with Crippen molar-refractivity contribution in [1.29, 1.82) is 0 Å². The molecule has 2 aromatic rings. The molecule has 0 aliphatic carbocycles. The Balaban J connectivity index is 2.05. The number of rotatable bonds is 9. The minimum Gasteiger partial charge on any atom is -0.507 e. The number of benzene rings is 2. The highest BCUT2D eigenvalue weighted by atomic mass is 35.5. The molecule has 1 atom stereocenters. The highest BCUT2D eigenvalue weighted by Crippen LogP contribution is 2.40.